The zero-order chi connectivity index (χ0) is 12.3. The number of nitrogens with zero attached hydrogens (tertiary/aromatic N) is 1. The van der Waals surface area contributed by atoms with E-state index in [0.29, 0.717) is 12.6 Å². The molecule has 1 aromatic rings. The van der Waals surface area contributed by atoms with Crippen molar-refractivity contribution in [3.8, 4) is 11.5 Å². The predicted octanol–water partition coefficient (Wildman–Crippen LogP) is 1.14. The molecule has 0 amide bonds. The normalized spacial score (nSPS) is 24.9. The van der Waals surface area contributed by atoms with E-state index in [-0.39, 0.29) is 6.10 Å². The molecular weight excluding hydrogens is 218 g/mol. The molecule has 0 bridgehead atoms. The molecule has 1 fully saturated rings. The van der Waals surface area contributed by atoms with Crippen molar-refractivity contribution in [1.82, 2.24) is 4.90 Å². The van der Waals surface area contributed by atoms with Crippen LogP contribution in [0.3, 0.4) is 0 Å². The largest absolute Gasteiger partial charge is 0.497 e. The van der Waals surface area contributed by atoms with Crippen LogP contribution >= 0.6 is 0 Å². The molecule has 1 saturated heterocycles. The molecule has 0 spiro atoms. The third-order valence-corrected chi connectivity index (χ3v) is 3.17. The first kappa shape index (κ1) is 12.2. The predicted molar refractivity (Wildman–Crippen MR) is 65.5 cm³/mol. The van der Waals surface area contributed by atoms with Crippen LogP contribution < -0.4 is 9.47 Å². The zero-order valence-corrected chi connectivity index (χ0v) is 10.3. The molecule has 4 heteroatoms. The van der Waals surface area contributed by atoms with E-state index in [1.807, 2.05) is 31.3 Å². The second-order valence-electron chi connectivity index (χ2n) is 4.47. The molecule has 2 atom stereocenters. The number of aliphatic hydroxyl groups excluding tert-OH is 1. The maximum absolute atomic E-state index is 9.52. The minimum atomic E-state index is -0.218. The van der Waals surface area contributed by atoms with Gasteiger partial charge in [-0.1, -0.05) is 0 Å². The van der Waals surface area contributed by atoms with Crippen molar-refractivity contribution in [2.75, 3.05) is 27.3 Å². The molecule has 0 aromatic heterocycles. The number of β-amino-alcohol motifs (C(OH)–C–C–N with tert-alkyl or cyclic N) is 1. The maximum atomic E-state index is 9.52. The van der Waals surface area contributed by atoms with Gasteiger partial charge < -0.3 is 14.6 Å². The van der Waals surface area contributed by atoms with E-state index < -0.39 is 0 Å². The van der Waals surface area contributed by atoms with Gasteiger partial charge in [0.2, 0.25) is 0 Å². The van der Waals surface area contributed by atoms with Crippen LogP contribution in [-0.2, 0) is 0 Å². The van der Waals surface area contributed by atoms with E-state index in [1.165, 1.54) is 0 Å². The SMILES string of the molecule is COc1ccc(OC[C@H]2C[C@H](O)CN2C)cc1. The Morgan fingerprint density at radius 3 is 2.47 bits per heavy atom. The van der Waals surface area contributed by atoms with Gasteiger partial charge >= 0.3 is 0 Å². The van der Waals surface area contributed by atoms with Crippen molar-refractivity contribution in [2.24, 2.45) is 0 Å². The van der Waals surface area contributed by atoms with Gasteiger partial charge in [-0.25, -0.2) is 0 Å². The maximum Gasteiger partial charge on any atom is 0.119 e. The monoisotopic (exact) mass is 237 g/mol. The molecular formula is C13H19NO3. The first-order chi connectivity index (χ1) is 8.19. The fraction of sp³-hybridized carbons (Fsp3) is 0.538. The number of rotatable bonds is 4. The lowest BCUT2D eigenvalue weighted by Gasteiger charge is -2.19. The van der Waals surface area contributed by atoms with E-state index in [4.69, 9.17) is 9.47 Å². The topological polar surface area (TPSA) is 41.9 Å². The summed E-state index contributed by atoms with van der Waals surface area (Å²) >= 11 is 0. The Morgan fingerprint density at radius 1 is 1.29 bits per heavy atom. The average molecular weight is 237 g/mol. The Hall–Kier alpha value is -1.26. The second kappa shape index (κ2) is 5.38. The number of benzene rings is 1. The number of likely N-dealkylation sites (N-methyl/N-ethyl adjacent to an activating group) is 1. The molecule has 2 rings (SSSR count). The number of hydrogen-bond donors (Lipinski definition) is 1. The van der Waals surface area contributed by atoms with Crippen LogP contribution in [-0.4, -0.2) is 49.5 Å². The Bertz CT molecular complexity index is 352. The highest BCUT2D eigenvalue weighted by molar-refractivity contribution is 5.31. The molecule has 0 saturated carbocycles. The van der Waals surface area contributed by atoms with Gasteiger partial charge in [-0.15, -0.1) is 0 Å². The molecule has 1 aromatic carbocycles. The summed E-state index contributed by atoms with van der Waals surface area (Å²) in [6.45, 7) is 1.34. The van der Waals surface area contributed by atoms with Gasteiger partial charge in [0.25, 0.3) is 0 Å². The van der Waals surface area contributed by atoms with Gasteiger partial charge in [0.1, 0.15) is 18.1 Å². The zero-order valence-electron chi connectivity index (χ0n) is 10.3. The lowest BCUT2D eigenvalue weighted by Crippen LogP contribution is -2.30. The number of hydrogen-bond acceptors (Lipinski definition) is 4. The molecule has 4 nitrogen and oxygen atoms in total. The van der Waals surface area contributed by atoms with Crippen LogP contribution in [0.1, 0.15) is 6.42 Å². The first-order valence-corrected chi connectivity index (χ1v) is 5.84. The summed E-state index contributed by atoms with van der Waals surface area (Å²) in [6.07, 6.45) is 0.566. The van der Waals surface area contributed by atoms with Crippen molar-refractivity contribution in [3.05, 3.63) is 24.3 Å². The van der Waals surface area contributed by atoms with Crippen molar-refractivity contribution in [2.45, 2.75) is 18.6 Å². The van der Waals surface area contributed by atoms with E-state index in [0.717, 1.165) is 24.5 Å². The quantitative estimate of drug-likeness (QED) is 0.852. The highest BCUT2D eigenvalue weighted by Crippen LogP contribution is 2.20. The summed E-state index contributed by atoms with van der Waals surface area (Å²) in [5, 5.41) is 9.52. The van der Waals surface area contributed by atoms with E-state index in [2.05, 4.69) is 4.90 Å². The summed E-state index contributed by atoms with van der Waals surface area (Å²) in [7, 11) is 3.66. The van der Waals surface area contributed by atoms with Crippen LogP contribution in [0.15, 0.2) is 24.3 Å². The summed E-state index contributed by atoms with van der Waals surface area (Å²) in [5.41, 5.74) is 0. The minimum absolute atomic E-state index is 0.218. The summed E-state index contributed by atoms with van der Waals surface area (Å²) in [4.78, 5) is 2.13. The van der Waals surface area contributed by atoms with Crippen molar-refractivity contribution >= 4 is 0 Å². The van der Waals surface area contributed by atoms with Crippen LogP contribution in [0.4, 0.5) is 0 Å². The van der Waals surface area contributed by atoms with Gasteiger partial charge in [-0.3, -0.25) is 4.90 Å². The fourth-order valence-electron chi connectivity index (χ4n) is 2.11. The van der Waals surface area contributed by atoms with Crippen LogP contribution in [0.2, 0.25) is 0 Å². The summed E-state index contributed by atoms with van der Waals surface area (Å²) < 4.78 is 10.8. The Morgan fingerprint density at radius 2 is 1.94 bits per heavy atom. The first-order valence-electron chi connectivity index (χ1n) is 5.84. The smallest absolute Gasteiger partial charge is 0.119 e. The third kappa shape index (κ3) is 3.11. The van der Waals surface area contributed by atoms with Crippen LogP contribution in [0, 0.1) is 0 Å². The Balaban J connectivity index is 1.85. The number of ether oxygens (including phenoxy) is 2. The van der Waals surface area contributed by atoms with Crippen LogP contribution in [0.25, 0.3) is 0 Å². The summed E-state index contributed by atoms with van der Waals surface area (Å²) in [5.74, 6) is 1.66. The number of methoxy groups -OCH3 is 1. The van der Waals surface area contributed by atoms with E-state index in [9.17, 15) is 5.11 Å². The second-order valence-corrected chi connectivity index (χ2v) is 4.47. The number of likely N-dealkylation sites (tertiary alicyclic amines) is 1. The van der Waals surface area contributed by atoms with Crippen LogP contribution in [0.5, 0.6) is 11.5 Å². The molecule has 0 unspecified atom stereocenters. The van der Waals surface area contributed by atoms with Crippen molar-refractivity contribution in [1.29, 1.82) is 0 Å². The Labute approximate surface area is 102 Å². The Kier molecular flexibility index (Phi) is 3.86. The lowest BCUT2D eigenvalue weighted by molar-refractivity contribution is 0.182. The molecule has 17 heavy (non-hydrogen) atoms. The van der Waals surface area contributed by atoms with Crippen molar-refractivity contribution in [3.63, 3.8) is 0 Å². The highest BCUT2D eigenvalue weighted by Gasteiger charge is 2.28. The van der Waals surface area contributed by atoms with Gasteiger partial charge in [0, 0.05) is 12.6 Å². The molecule has 0 radical (unpaired) electrons. The highest BCUT2D eigenvalue weighted by atomic mass is 16.5. The molecule has 1 heterocycles. The third-order valence-electron chi connectivity index (χ3n) is 3.17. The van der Waals surface area contributed by atoms with Gasteiger partial charge in [-0.05, 0) is 37.7 Å². The molecule has 1 aliphatic heterocycles. The minimum Gasteiger partial charge on any atom is -0.497 e. The average Bonchev–Trinajstić information content (AvgIpc) is 2.66. The van der Waals surface area contributed by atoms with Gasteiger partial charge in [0.15, 0.2) is 0 Å². The van der Waals surface area contributed by atoms with E-state index in [1.54, 1.807) is 7.11 Å². The summed E-state index contributed by atoms with van der Waals surface area (Å²) in [6, 6.07) is 7.84. The molecule has 0 aliphatic carbocycles. The van der Waals surface area contributed by atoms with Gasteiger partial charge in [-0.2, -0.15) is 0 Å². The van der Waals surface area contributed by atoms with E-state index >= 15 is 0 Å². The standard InChI is InChI=1S/C13H19NO3/c1-14-8-11(15)7-10(14)9-17-13-5-3-12(16-2)4-6-13/h3-6,10-11,15H,7-9H2,1-2H3/t10-,11+/m1/s1. The fourth-order valence-corrected chi connectivity index (χ4v) is 2.11. The molecule has 1 N–H and O–H groups in total. The van der Waals surface area contributed by atoms with Gasteiger partial charge in [0.05, 0.1) is 13.2 Å². The lowest BCUT2D eigenvalue weighted by atomic mass is 10.2. The molecule has 1 aliphatic rings. The molecule has 94 valence electrons. The number of aliphatic hydroxyl groups is 1. The van der Waals surface area contributed by atoms with Crippen molar-refractivity contribution < 1.29 is 14.6 Å².